The van der Waals surface area contributed by atoms with E-state index < -0.39 is 6.17 Å². The molecule has 0 radical (unpaired) electrons. The molecular weight excluding hydrogens is 344 g/mol. The van der Waals surface area contributed by atoms with Crippen molar-refractivity contribution >= 4 is 40.1 Å². The minimum Gasteiger partial charge on any atom is -0.298 e. The van der Waals surface area contributed by atoms with Crippen LogP contribution in [0.2, 0.25) is 5.02 Å². The minimum absolute atomic E-state index is 0.186. The monoisotopic (exact) mass is 356 g/mol. The quantitative estimate of drug-likeness (QED) is 0.848. The van der Waals surface area contributed by atoms with E-state index in [4.69, 9.17) is 16.6 Å². The summed E-state index contributed by atoms with van der Waals surface area (Å²) >= 11 is 7.75. The third kappa shape index (κ3) is 2.39. The SMILES string of the molecule is CSC1=NN2C(=c3ccccc3=N[C@@H]2c2ccccc2Cl)C(=O)N1. The summed E-state index contributed by atoms with van der Waals surface area (Å²) in [6.45, 7) is 0. The number of carbonyl (C=O) groups is 1. The number of benzene rings is 2. The van der Waals surface area contributed by atoms with Crippen LogP contribution in [0.5, 0.6) is 0 Å². The average molecular weight is 357 g/mol. The molecule has 2 aromatic carbocycles. The zero-order valence-electron chi connectivity index (χ0n) is 12.7. The maximum atomic E-state index is 12.7. The first-order chi connectivity index (χ1) is 11.7. The van der Waals surface area contributed by atoms with Gasteiger partial charge in [0.1, 0.15) is 5.70 Å². The molecule has 120 valence electrons. The maximum Gasteiger partial charge on any atom is 0.276 e. The van der Waals surface area contributed by atoms with Crippen LogP contribution < -0.4 is 15.9 Å². The number of rotatable bonds is 1. The first-order valence-corrected chi connectivity index (χ1v) is 8.94. The van der Waals surface area contributed by atoms with Gasteiger partial charge < -0.3 is 0 Å². The molecule has 0 unspecified atom stereocenters. The summed E-state index contributed by atoms with van der Waals surface area (Å²) in [5, 5.41) is 11.7. The number of amides is 1. The van der Waals surface area contributed by atoms with E-state index in [9.17, 15) is 4.79 Å². The molecule has 0 bridgehead atoms. The van der Waals surface area contributed by atoms with Gasteiger partial charge in [-0.05, 0) is 18.4 Å². The summed E-state index contributed by atoms with van der Waals surface area (Å²) in [4.78, 5) is 17.5. The third-order valence-electron chi connectivity index (χ3n) is 3.89. The van der Waals surface area contributed by atoms with Crippen molar-refractivity contribution < 1.29 is 4.79 Å². The molecule has 0 spiro atoms. The van der Waals surface area contributed by atoms with Crippen LogP contribution in [0.15, 0.2) is 58.6 Å². The van der Waals surface area contributed by atoms with Crippen LogP contribution in [-0.2, 0) is 4.79 Å². The number of hydrogen-bond acceptors (Lipinski definition) is 5. The van der Waals surface area contributed by atoms with Crippen molar-refractivity contribution in [2.24, 2.45) is 10.1 Å². The summed E-state index contributed by atoms with van der Waals surface area (Å²) in [6.07, 6.45) is 1.39. The second kappa shape index (κ2) is 5.96. The van der Waals surface area contributed by atoms with Crippen molar-refractivity contribution in [2.75, 3.05) is 6.26 Å². The predicted molar refractivity (Wildman–Crippen MR) is 95.8 cm³/mol. The Hall–Kier alpha value is -2.31. The number of hydrogen-bond donors (Lipinski definition) is 1. The van der Waals surface area contributed by atoms with Crippen molar-refractivity contribution in [2.45, 2.75) is 6.17 Å². The highest BCUT2D eigenvalue weighted by Gasteiger charge is 2.34. The highest BCUT2D eigenvalue weighted by Crippen LogP contribution is 2.33. The summed E-state index contributed by atoms with van der Waals surface area (Å²) in [7, 11) is 0. The molecule has 0 saturated carbocycles. The largest absolute Gasteiger partial charge is 0.298 e. The Morgan fingerprint density at radius 2 is 1.92 bits per heavy atom. The van der Waals surface area contributed by atoms with Gasteiger partial charge in [0.05, 0.1) is 5.36 Å². The van der Waals surface area contributed by atoms with Crippen LogP contribution in [0.25, 0.3) is 5.70 Å². The second-order valence-corrected chi connectivity index (χ2v) is 6.50. The molecule has 0 aromatic heterocycles. The normalized spacial score (nSPS) is 19.0. The van der Waals surface area contributed by atoms with E-state index in [1.165, 1.54) is 11.8 Å². The number of fused-ring (bicyclic) bond motifs is 2. The molecular formula is C17H13ClN4OS. The van der Waals surface area contributed by atoms with Crippen LogP contribution >= 0.6 is 23.4 Å². The van der Waals surface area contributed by atoms with Crippen LogP contribution in [0.1, 0.15) is 11.7 Å². The number of hydrazone groups is 1. The average Bonchev–Trinajstić information content (AvgIpc) is 2.61. The Kier molecular flexibility index (Phi) is 3.78. The van der Waals surface area contributed by atoms with Gasteiger partial charge in [0.15, 0.2) is 11.3 Å². The number of para-hydroxylation sites is 1. The molecule has 5 nitrogen and oxygen atoms in total. The van der Waals surface area contributed by atoms with Gasteiger partial charge in [-0.3, -0.25) is 15.1 Å². The molecule has 1 N–H and O–H groups in total. The molecule has 2 aromatic rings. The second-order valence-electron chi connectivity index (χ2n) is 5.30. The lowest BCUT2D eigenvalue weighted by Gasteiger charge is -2.34. The smallest absolute Gasteiger partial charge is 0.276 e. The number of halogens is 1. The van der Waals surface area contributed by atoms with Gasteiger partial charge >= 0.3 is 0 Å². The summed E-state index contributed by atoms with van der Waals surface area (Å²) in [5.41, 5.74) is 1.30. The van der Waals surface area contributed by atoms with Crippen LogP contribution in [-0.4, -0.2) is 22.3 Å². The zero-order chi connectivity index (χ0) is 16.7. The van der Waals surface area contributed by atoms with Crippen LogP contribution in [0, 0.1) is 0 Å². The Balaban J connectivity index is 2.02. The van der Waals surface area contributed by atoms with E-state index in [-0.39, 0.29) is 5.91 Å². The first-order valence-electron chi connectivity index (χ1n) is 7.34. The topological polar surface area (TPSA) is 57.1 Å². The van der Waals surface area contributed by atoms with Crippen LogP contribution in [0.4, 0.5) is 0 Å². The molecule has 2 aliphatic rings. The molecule has 0 saturated heterocycles. The fourth-order valence-electron chi connectivity index (χ4n) is 2.81. The van der Waals surface area contributed by atoms with Gasteiger partial charge in [0.25, 0.3) is 5.91 Å². The molecule has 24 heavy (non-hydrogen) atoms. The number of thioether (sulfide) groups is 1. The van der Waals surface area contributed by atoms with E-state index >= 15 is 0 Å². The van der Waals surface area contributed by atoms with Gasteiger partial charge in [-0.15, -0.1) is 5.10 Å². The molecule has 4 rings (SSSR count). The van der Waals surface area contributed by atoms with Crippen molar-refractivity contribution in [1.29, 1.82) is 0 Å². The molecule has 0 fully saturated rings. The number of amidine groups is 1. The van der Waals surface area contributed by atoms with E-state index in [1.54, 1.807) is 5.01 Å². The Bertz CT molecular complexity index is 988. The summed E-state index contributed by atoms with van der Waals surface area (Å²) in [6, 6.07) is 15.1. The van der Waals surface area contributed by atoms with Gasteiger partial charge in [-0.2, -0.15) is 0 Å². The maximum absolute atomic E-state index is 12.7. The molecule has 2 aliphatic heterocycles. The lowest BCUT2D eigenvalue weighted by atomic mass is 10.1. The molecule has 2 heterocycles. The summed E-state index contributed by atoms with van der Waals surface area (Å²) in [5.74, 6) is -0.186. The van der Waals surface area contributed by atoms with Crippen molar-refractivity contribution in [3.05, 3.63) is 69.7 Å². The van der Waals surface area contributed by atoms with Gasteiger partial charge in [0.2, 0.25) is 0 Å². The molecule has 0 aliphatic carbocycles. The Labute approximate surface area is 147 Å². The van der Waals surface area contributed by atoms with E-state index in [0.29, 0.717) is 15.9 Å². The Morgan fingerprint density at radius 3 is 2.71 bits per heavy atom. The minimum atomic E-state index is -0.475. The van der Waals surface area contributed by atoms with Crippen molar-refractivity contribution in [3.8, 4) is 0 Å². The van der Waals surface area contributed by atoms with Gasteiger partial charge in [-0.1, -0.05) is 59.8 Å². The van der Waals surface area contributed by atoms with Crippen LogP contribution in [0.3, 0.4) is 0 Å². The number of nitrogens with one attached hydrogen (secondary N) is 1. The fourth-order valence-corrected chi connectivity index (χ4v) is 3.40. The predicted octanol–water partition coefficient (Wildman–Crippen LogP) is 1.85. The lowest BCUT2D eigenvalue weighted by Crippen LogP contribution is -2.50. The molecule has 1 atom stereocenters. The number of nitrogens with zero attached hydrogens (tertiary/aromatic N) is 3. The van der Waals surface area contributed by atoms with E-state index in [2.05, 4.69) is 10.4 Å². The van der Waals surface area contributed by atoms with Gasteiger partial charge in [-0.25, -0.2) is 5.01 Å². The van der Waals surface area contributed by atoms with E-state index in [1.807, 2.05) is 54.8 Å². The Morgan fingerprint density at radius 1 is 1.17 bits per heavy atom. The third-order valence-corrected chi connectivity index (χ3v) is 4.81. The first kappa shape index (κ1) is 15.2. The molecule has 7 heteroatoms. The zero-order valence-corrected chi connectivity index (χ0v) is 14.3. The lowest BCUT2D eigenvalue weighted by molar-refractivity contribution is -0.116. The molecule has 1 amide bonds. The van der Waals surface area contributed by atoms with Gasteiger partial charge in [0, 0.05) is 15.8 Å². The fraction of sp³-hybridized carbons (Fsp3) is 0.118. The highest BCUT2D eigenvalue weighted by atomic mass is 35.5. The van der Waals surface area contributed by atoms with E-state index in [0.717, 1.165) is 16.1 Å². The highest BCUT2D eigenvalue weighted by molar-refractivity contribution is 8.13. The van der Waals surface area contributed by atoms with Crippen molar-refractivity contribution in [1.82, 2.24) is 10.3 Å². The standard InChI is InChI=1S/C17H13ClN4OS/c1-24-17-20-16(23)14-11-7-3-5-9-13(11)19-15(22(14)21-17)10-6-2-4-8-12(10)18/h2-9,15H,1H3,(H,20,21,23)/t15-/m0/s1. The number of carbonyl (C=O) groups excluding carboxylic acids is 1. The summed E-state index contributed by atoms with van der Waals surface area (Å²) < 4.78 is 0. The van der Waals surface area contributed by atoms with Crippen molar-refractivity contribution in [3.63, 3.8) is 0 Å².